The molecule has 3 rings (SSSR count). The van der Waals surface area contributed by atoms with E-state index in [0.717, 1.165) is 25.8 Å². The number of sulfonamides is 1. The zero-order chi connectivity index (χ0) is 23.1. The minimum atomic E-state index is -3.56. The van der Waals surface area contributed by atoms with Gasteiger partial charge in [-0.15, -0.1) is 0 Å². The minimum absolute atomic E-state index is 0.00294. The van der Waals surface area contributed by atoms with Crippen LogP contribution < -0.4 is 15.4 Å². The van der Waals surface area contributed by atoms with E-state index >= 15 is 0 Å². The molecular weight excluding hydrogens is 496 g/mol. The molecule has 11 heteroatoms. The van der Waals surface area contributed by atoms with Crippen molar-refractivity contribution in [2.24, 2.45) is 0 Å². The lowest BCUT2D eigenvalue weighted by molar-refractivity contribution is 0.271. The standard InChI is InChI=1S/C21H31BrN6O3S/c1-3-15(14-29)25-20-19(22)13-23-21(27-20)26-16-6-8-18(9-7-16)32(30,31)24-11-10-17-5-4-12-28(17)2/h6-9,13,15,17,24,29H,3-5,10-12,14H2,1-2H3,(H2,23,25,26,27)/t15-,17?/m1/s1. The molecule has 1 aliphatic heterocycles. The van der Waals surface area contributed by atoms with Gasteiger partial charge in [0.2, 0.25) is 16.0 Å². The van der Waals surface area contributed by atoms with Crippen molar-refractivity contribution >= 4 is 43.4 Å². The molecule has 1 aromatic heterocycles. The number of anilines is 3. The van der Waals surface area contributed by atoms with Gasteiger partial charge in [-0.05, 0) is 79.5 Å². The van der Waals surface area contributed by atoms with E-state index in [2.05, 4.69) is 53.2 Å². The third-order valence-corrected chi connectivity index (χ3v) is 7.72. The number of benzene rings is 1. The number of hydrogen-bond donors (Lipinski definition) is 4. The molecule has 0 saturated carbocycles. The summed E-state index contributed by atoms with van der Waals surface area (Å²) >= 11 is 3.41. The third-order valence-electron chi connectivity index (χ3n) is 5.66. The zero-order valence-electron chi connectivity index (χ0n) is 18.4. The first-order valence-corrected chi connectivity index (χ1v) is 13.1. The number of nitrogens with zero attached hydrogens (tertiary/aromatic N) is 3. The van der Waals surface area contributed by atoms with Crippen LogP contribution in [0.2, 0.25) is 0 Å². The molecule has 0 bridgehead atoms. The van der Waals surface area contributed by atoms with E-state index in [-0.39, 0.29) is 17.5 Å². The summed E-state index contributed by atoms with van der Waals surface area (Å²) in [7, 11) is -1.47. The van der Waals surface area contributed by atoms with Crippen LogP contribution in [-0.2, 0) is 10.0 Å². The summed E-state index contributed by atoms with van der Waals surface area (Å²) in [4.78, 5) is 11.2. The summed E-state index contributed by atoms with van der Waals surface area (Å²) in [6, 6.07) is 6.81. The molecule has 9 nitrogen and oxygen atoms in total. The lowest BCUT2D eigenvalue weighted by atomic mass is 10.1. The maximum absolute atomic E-state index is 12.6. The first-order valence-electron chi connectivity index (χ1n) is 10.8. The van der Waals surface area contributed by atoms with Gasteiger partial charge >= 0.3 is 0 Å². The number of rotatable bonds is 11. The normalized spacial score (nSPS) is 17.9. The molecule has 0 radical (unpaired) electrons. The summed E-state index contributed by atoms with van der Waals surface area (Å²) in [6.07, 6.45) is 5.46. The molecule has 1 unspecified atom stereocenters. The molecule has 1 aromatic carbocycles. The van der Waals surface area contributed by atoms with E-state index in [1.54, 1.807) is 30.5 Å². The second kappa shape index (κ2) is 11.4. The van der Waals surface area contributed by atoms with Crippen LogP contribution in [0, 0.1) is 0 Å². The van der Waals surface area contributed by atoms with E-state index in [1.807, 2.05) is 6.92 Å². The Kier molecular flexibility index (Phi) is 8.83. The van der Waals surface area contributed by atoms with Crippen LogP contribution in [-0.4, -0.2) is 67.2 Å². The fourth-order valence-electron chi connectivity index (χ4n) is 3.63. The quantitative estimate of drug-likeness (QED) is 0.352. The number of halogens is 1. The van der Waals surface area contributed by atoms with Gasteiger partial charge in [0.1, 0.15) is 5.82 Å². The van der Waals surface area contributed by atoms with Gasteiger partial charge in [-0.25, -0.2) is 18.1 Å². The van der Waals surface area contributed by atoms with Crippen LogP contribution in [0.4, 0.5) is 17.5 Å². The summed E-state index contributed by atoms with van der Waals surface area (Å²) in [5, 5.41) is 15.6. The topological polar surface area (TPSA) is 119 Å². The van der Waals surface area contributed by atoms with Crippen molar-refractivity contribution in [1.82, 2.24) is 19.6 Å². The number of nitrogens with one attached hydrogen (secondary N) is 3. The molecule has 176 valence electrons. The third kappa shape index (κ3) is 6.61. The monoisotopic (exact) mass is 526 g/mol. The first kappa shape index (κ1) is 24.8. The number of aliphatic hydroxyl groups excluding tert-OH is 1. The van der Waals surface area contributed by atoms with E-state index in [0.29, 0.717) is 34.5 Å². The highest BCUT2D eigenvalue weighted by Gasteiger charge is 2.21. The molecule has 0 aliphatic carbocycles. The Morgan fingerprint density at radius 1 is 1.31 bits per heavy atom. The van der Waals surface area contributed by atoms with Gasteiger partial charge < -0.3 is 20.6 Å². The molecule has 0 amide bonds. The van der Waals surface area contributed by atoms with Gasteiger partial charge in [-0.3, -0.25) is 0 Å². The second-order valence-electron chi connectivity index (χ2n) is 7.93. The lowest BCUT2D eigenvalue weighted by Gasteiger charge is -2.19. The van der Waals surface area contributed by atoms with Gasteiger partial charge in [-0.2, -0.15) is 4.98 Å². The number of likely N-dealkylation sites (tertiary alicyclic amines) is 1. The van der Waals surface area contributed by atoms with Crippen LogP contribution in [0.25, 0.3) is 0 Å². The molecule has 2 atom stereocenters. The highest BCUT2D eigenvalue weighted by molar-refractivity contribution is 9.10. The van der Waals surface area contributed by atoms with E-state index in [1.165, 1.54) is 6.42 Å². The average molecular weight is 527 g/mol. The van der Waals surface area contributed by atoms with Crippen molar-refractivity contribution in [3.63, 3.8) is 0 Å². The van der Waals surface area contributed by atoms with Gasteiger partial charge in [0.25, 0.3) is 0 Å². The maximum atomic E-state index is 12.6. The highest BCUT2D eigenvalue weighted by atomic mass is 79.9. The van der Waals surface area contributed by atoms with Gasteiger partial charge in [0.05, 0.1) is 22.0 Å². The summed E-state index contributed by atoms with van der Waals surface area (Å²) in [6.45, 7) is 3.47. The maximum Gasteiger partial charge on any atom is 0.240 e. The predicted molar refractivity (Wildman–Crippen MR) is 130 cm³/mol. The summed E-state index contributed by atoms with van der Waals surface area (Å²) in [5.74, 6) is 0.928. The summed E-state index contributed by atoms with van der Waals surface area (Å²) < 4.78 is 28.6. The molecule has 4 N–H and O–H groups in total. The Balaban J connectivity index is 1.60. The smallest absolute Gasteiger partial charge is 0.240 e. The highest BCUT2D eigenvalue weighted by Crippen LogP contribution is 2.24. The molecule has 1 fully saturated rings. The van der Waals surface area contributed by atoms with Crippen LogP contribution >= 0.6 is 15.9 Å². The zero-order valence-corrected chi connectivity index (χ0v) is 20.8. The van der Waals surface area contributed by atoms with Crippen molar-refractivity contribution in [3.8, 4) is 0 Å². The average Bonchev–Trinajstić information content (AvgIpc) is 3.19. The van der Waals surface area contributed by atoms with Gasteiger partial charge in [0, 0.05) is 24.5 Å². The van der Waals surface area contributed by atoms with Crippen molar-refractivity contribution < 1.29 is 13.5 Å². The van der Waals surface area contributed by atoms with Crippen LogP contribution in [0.3, 0.4) is 0 Å². The lowest BCUT2D eigenvalue weighted by Crippen LogP contribution is -2.31. The fraction of sp³-hybridized carbons (Fsp3) is 0.524. The van der Waals surface area contributed by atoms with Crippen LogP contribution in [0.5, 0.6) is 0 Å². The van der Waals surface area contributed by atoms with Crippen molar-refractivity contribution in [1.29, 1.82) is 0 Å². The Hall–Kier alpha value is -1.79. The van der Waals surface area contributed by atoms with Crippen molar-refractivity contribution in [2.45, 2.75) is 49.6 Å². The Labute approximate surface area is 198 Å². The Morgan fingerprint density at radius 3 is 2.69 bits per heavy atom. The van der Waals surface area contributed by atoms with Crippen LogP contribution in [0.15, 0.2) is 39.8 Å². The van der Waals surface area contributed by atoms with Crippen molar-refractivity contribution in [3.05, 3.63) is 34.9 Å². The van der Waals surface area contributed by atoms with E-state index < -0.39 is 10.0 Å². The first-order chi connectivity index (χ1) is 15.3. The molecule has 0 spiro atoms. The Morgan fingerprint density at radius 2 is 2.06 bits per heavy atom. The predicted octanol–water partition coefficient (Wildman–Crippen LogP) is 2.93. The molecule has 1 aliphatic rings. The van der Waals surface area contributed by atoms with Gasteiger partial charge in [-0.1, -0.05) is 6.92 Å². The summed E-state index contributed by atoms with van der Waals surface area (Å²) in [5.41, 5.74) is 0.666. The fourth-order valence-corrected chi connectivity index (χ4v) is 4.99. The SMILES string of the molecule is CC[C@H](CO)Nc1nc(Nc2ccc(S(=O)(=O)NCCC3CCCN3C)cc2)ncc1Br. The molecule has 2 aromatic rings. The molecule has 1 saturated heterocycles. The molecular formula is C21H31BrN6O3S. The van der Waals surface area contributed by atoms with Crippen molar-refractivity contribution in [2.75, 3.05) is 37.4 Å². The second-order valence-corrected chi connectivity index (χ2v) is 10.6. The van der Waals surface area contributed by atoms with E-state index in [4.69, 9.17) is 0 Å². The number of aromatic nitrogens is 2. The van der Waals surface area contributed by atoms with Crippen LogP contribution in [0.1, 0.15) is 32.6 Å². The van der Waals surface area contributed by atoms with Gasteiger partial charge in [0.15, 0.2) is 0 Å². The molecule has 32 heavy (non-hydrogen) atoms. The number of hydrogen-bond acceptors (Lipinski definition) is 8. The Bertz CT molecular complexity index is 986. The minimum Gasteiger partial charge on any atom is -0.394 e. The van der Waals surface area contributed by atoms with E-state index in [9.17, 15) is 13.5 Å². The molecule has 2 heterocycles. The number of aliphatic hydroxyl groups is 1. The largest absolute Gasteiger partial charge is 0.394 e.